The summed E-state index contributed by atoms with van der Waals surface area (Å²) in [5.41, 5.74) is 0. The maximum absolute atomic E-state index is 4.49. The fourth-order valence-electron chi connectivity index (χ4n) is 1.56. The molecular weight excluding hydrogens is 268 g/mol. The lowest BCUT2D eigenvalue weighted by atomic mass is 10.3. The van der Waals surface area contributed by atoms with Gasteiger partial charge in [0.15, 0.2) is 0 Å². The lowest BCUT2D eigenvalue weighted by molar-refractivity contribution is 0.731. The molecular formula is C11H19BrN4. The van der Waals surface area contributed by atoms with Crippen molar-refractivity contribution in [3.8, 4) is 0 Å². The van der Waals surface area contributed by atoms with Crippen LogP contribution < -0.4 is 10.2 Å². The molecule has 0 bridgehead atoms. The van der Waals surface area contributed by atoms with Crippen LogP contribution in [0.15, 0.2) is 10.7 Å². The van der Waals surface area contributed by atoms with E-state index < -0.39 is 0 Å². The van der Waals surface area contributed by atoms with Crippen molar-refractivity contribution in [1.82, 2.24) is 9.97 Å². The molecule has 0 unspecified atom stereocenters. The molecule has 0 amide bonds. The van der Waals surface area contributed by atoms with Crippen molar-refractivity contribution in [2.45, 2.75) is 26.7 Å². The van der Waals surface area contributed by atoms with E-state index in [9.17, 15) is 0 Å². The van der Waals surface area contributed by atoms with E-state index in [0.29, 0.717) is 5.95 Å². The van der Waals surface area contributed by atoms with Crippen LogP contribution in [0.1, 0.15) is 26.7 Å². The van der Waals surface area contributed by atoms with Crippen molar-refractivity contribution < 1.29 is 0 Å². The molecule has 1 rings (SSSR count). The van der Waals surface area contributed by atoms with E-state index in [2.05, 4.69) is 50.0 Å². The second-order valence-corrected chi connectivity index (χ2v) is 4.46. The van der Waals surface area contributed by atoms with Gasteiger partial charge in [-0.2, -0.15) is 4.98 Å². The fourth-order valence-corrected chi connectivity index (χ4v) is 2.01. The molecule has 4 nitrogen and oxygen atoms in total. The first-order valence-electron chi connectivity index (χ1n) is 5.68. The van der Waals surface area contributed by atoms with Crippen molar-refractivity contribution in [2.24, 2.45) is 0 Å². The summed E-state index contributed by atoms with van der Waals surface area (Å²) >= 11 is 3.51. The van der Waals surface area contributed by atoms with Crippen LogP contribution in [0.4, 0.5) is 11.8 Å². The van der Waals surface area contributed by atoms with Crippen LogP contribution in [0.5, 0.6) is 0 Å². The van der Waals surface area contributed by atoms with Crippen LogP contribution in [-0.4, -0.2) is 30.1 Å². The van der Waals surface area contributed by atoms with Gasteiger partial charge in [0.1, 0.15) is 5.82 Å². The highest BCUT2D eigenvalue weighted by Crippen LogP contribution is 2.24. The Bertz CT molecular complexity index is 324. The van der Waals surface area contributed by atoms with Crippen molar-refractivity contribution in [2.75, 3.05) is 30.4 Å². The van der Waals surface area contributed by atoms with Crippen molar-refractivity contribution >= 4 is 27.7 Å². The summed E-state index contributed by atoms with van der Waals surface area (Å²) in [5.74, 6) is 1.64. The first-order chi connectivity index (χ1) is 7.72. The maximum Gasteiger partial charge on any atom is 0.224 e. The standard InChI is InChI=1S/C11H19BrN4/c1-4-6-16(7-5-2)10-9(12)8-14-11(13-3)15-10/h8H,4-7H2,1-3H3,(H,13,14,15). The van der Waals surface area contributed by atoms with Gasteiger partial charge in [-0.1, -0.05) is 13.8 Å². The summed E-state index contributed by atoms with van der Waals surface area (Å²) in [5, 5.41) is 2.96. The highest BCUT2D eigenvalue weighted by Gasteiger charge is 2.11. The van der Waals surface area contributed by atoms with Crippen molar-refractivity contribution in [1.29, 1.82) is 0 Å². The molecule has 0 aliphatic rings. The zero-order chi connectivity index (χ0) is 12.0. The predicted octanol–water partition coefficient (Wildman–Crippen LogP) is 2.91. The molecule has 1 N–H and O–H groups in total. The molecule has 90 valence electrons. The van der Waals surface area contributed by atoms with Gasteiger partial charge >= 0.3 is 0 Å². The fraction of sp³-hybridized carbons (Fsp3) is 0.636. The van der Waals surface area contributed by atoms with Gasteiger partial charge in [0.05, 0.1) is 4.47 Å². The van der Waals surface area contributed by atoms with Gasteiger partial charge in [-0.3, -0.25) is 0 Å². The third-order valence-electron chi connectivity index (χ3n) is 2.24. The molecule has 16 heavy (non-hydrogen) atoms. The van der Waals surface area contributed by atoms with Crippen LogP contribution in [0.3, 0.4) is 0 Å². The highest BCUT2D eigenvalue weighted by molar-refractivity contribution is 9.10. The number of anilines is 2. The Morgan fingerprint density at radius 1 is 1.31 bits per heavy atom. The molecule has 0 fully saturated rings. The average molecular weight is 287 g/mol. The van der Waals surface area contributed by atoms with E-state index in [1.54, 1.807) is 6.20 Å². The molecule has 1 aromatic rings. The monoisotopic (exact) mass is 286 g/mol. The van der Waals surface area contributed by atoms with E-state index in [0.717, 1.165) is 36.2 Å². The van der Waals surface area contributed by atoms with E-state index in [1.165, 1.54) is 0 Å². The highest BCUT2D eigenvalue weighted by atomic mass is 79.9. The Balaban J connectivity index is 2.96. The Kier molecular flexibility index (Phi) is 5.52. The number of aromatic nitrogens is 2. The summed E-state index contributed by atoms with van der Waals surface area (Å²) in [7, 11) is 1.83. The van der Waals surface area contributed by atoms with Gasteiger partial charge < -0.3 is 10.2 Å². The molecule has 5 heteroatoms. The predicted molar refractivity (Wildman–Crippen MR) is 72.1 cm³/mol. The summed E-state index contributed by atoms with van der Waals surface area (Å²) in [6.07, 6.45) is 4.03. The minimum absolute atomic E-state index is 0.662. The van der Waals surface area contributed by atoms with Gasteiger partial charge in [-0.15, -0.1) is 0 Å². The summed E-state index contributed by atoms with van der Waals surface area (Å²) in [4.78, 5) is 10.9. The number of nitrogens with zero attached hydrogens (tertiary/aromatic N) is 3. The van der Waals surface area contributed by atoms with E-state index in [-0.39, 0.29) is 0 Å². The summed E-state index contributed by atoms with van der Waals surface area (Å²) in [6.45, 7) is 6.40. The van der Waals surface area contributed by atoms with Crippen LogP contribution >= 0.6 is 15.9 Å². The SMILES string of the molecule is CCCN(CCC)c1nc(NC)ncc1Br. The molecule has 0 aliphatic heterocycles. The van der Waals surface area contributed by atoms with Crippen LogP contribution in [0.25, 0.3) is 0 Å². The first-order valence-corrected chi connectivity index (χ1v) is 6.47. The smallest absolute Gasteiger partial charge is 0.224 e. The average Bonchev–Trinajstić information content (AvgIpc) is 2.29. The Morgan fingerprint density at radius 2 is 1.94 bits per heavy atom. The number of rotatable bonds is 6. The molecule has 0 aliphatic carbocycles. The summed E-state index contributed by atoms with van der Waals surface area (Å²) < 4.78 is 0.952. The van der Waals surface area contributed by atoms with E-state index in [1.807, 2.05) is 7.05 Å². The van der Waals surface area contributed by atoms with Crippen molar-refractivity contribution in [3.63, 3.8) is 0 Å². The third-order valence-corrected chi connectivity index (χ3v) is 2.80. The zero-order valence-electron chi connectivity index (χ0n) is 10.1. The van der Waals surface area contributed by atoms with E-state index in [4.69, 9.17) is 0 Å². The van der Waals surface area contributed by atoms with Crippen LogP contribution in [0.2, 0.25) is 0 Å². The lowest BCUT2D eigenvalue weighted by Crippen LogP contribution is -2.26. The normalized spacial score (nSPS) is 10.2. The minimum atomic E-state index is 0.662. The molecule has 0 spiro atoms. The zero-order valence-corrected chi connectivity index (χ0v) is 11.7. The Hall–Kier alpha value is -0.840. The van der Waals surface area contributed by atoms with Crippen LogP contribution in [0, 0.1) is 0 Å². The van der Waals surface area contributed by atoms with Gasteiger partial charge in [0.2, 0.25) is 5.95 Å². The number of hydrogen-bond acceptors (Lipinski definition) is 4. The van der Waals surface area contributed by atoms with Crippen molar-refractivity contribution in [3.05, 3.63) is 10.7 Å². The number of halogens is 1. The van der Waals surface area contributed by atoms with Gasteiger partial charge in [0.25, 0.3) is 0 Å². The molecule has 1 aromatic heterocycles. The second-order valence-electron chi connectivity index (χ2n) is 3.60. The minimum Gasteiger partial charge on any atom is -0.357 e. The van der Waals surface area contributed by atoms with Crippen LogP contribution in [-0.2, 0) is 0 Å². The molecule has 0 radical (unpaired) electrons. The molecule has 1 heterocycles. The summed E-state index contributed by atoms with van der Waals surface area (Å²) in [6, 6.07) is 0. The largest absolute Gasteiger partial charge is 0.357 e. The second kappa shape index (κ2) is 6.68. The number of nitrogens with one attached hydrogen (secondary N) is 1. The Morgan fingerprint density at radius 3 is 2.44 bits per heavy atom. The number of hydrogen-bond donors (Lipinski definition) is 1. The molecule has 0 saturated carbocycles. The van der Waals surface area contributed by atoms with E-state index >= 15 is 0 Å². The third kappa shape index (κ3) is 3.33. The molecule has 0 aromatic carbocycles. The topological polar surface area (TPSA) is 41.1 Å². The first kappa shape index (κ1) is 13.2. The molecule has 0 saturated heterocycles. The van der Waals surface area contributed by atoms with Gasteiger partial charge in [0, 0.05) is 26.3 Å². The van der Waals surface area contributed by atoms with Gasteiger partial charge in [-0.25, -0.2) is 4.98 Å². The Labute approximate surface area is 106 Å². The quantitative estimate of drug-likeness (QED) is 0.873. The maximum atomic E-state index is 4.49. The lowest BCUT2D eigenvalue weighted by Gasteiger charge is -2.23. The van der Waals surface area contributed by atoms with Gasteiger partial charge in [-0.05, 0) is 28.8 Å². The molecule has 0 atom stereocenters.